The van der Waals surface area contributed by atoms with Gasteiger partial charge in [-0.15, -0.1) is 10.2 Å². The molecule has 0 aliphatic carbocycles. The number of ether oxygens (including phenoxy) is 2. The highest BCUT2D eigenvalue weighted by atomic mass is 32.2. The highest BCUT2D eigenvalue weighted by molar-refractivity contribution is 7.99. The third-order valence-electron chi connectivity index (χ3n) is 7.55. The Morgan fingerprint density at radius 1 is 0.957 bits per heavy atom. The van der Waals surface area contributed by atoms with Crippen LogP contribution in [0.1, 0.15) is 45.5 Å². The number of aryl methyl sites for hydroxylation is 1. The second kappa shape index (κ2) is 13.7. The first-order valence-electron chi connectivity index (χ1n) is 14.6. The average molecular weight is 637 g/mol. The van der Waals surface area contributed by atoms with Crippen molar-refractivity contribution < 1.29 is 23.5 Å². The number of carbonyl (C=O) groups excluding carboxylic acids is 2. The van der Waals surface area contributed by atoms with Crippen LogP contribution in [0.15, 0.2) is 106 Å². The second-order valence-electron chi connectivity index (χ2n) is 10.5. The van der Waals surface area contributed by atoms with Crippen molar-refractivity contribution in [3.63, 3.8) is 0 Å². The summed E-state index contributed by atoms with van der Waals surface area (Å²) < 4.78 is 17.9. The minimum absolute atomic E-state index is 0.0494. The molecule has 5 aromatic rings. The molecule has 1 atom stereocenters. The molecule has 234 valence electrons. The molecule has 1 aliphatic rings. The lowest BCUT2D eigenvalue weighted by Gasteiger charge is -2.22. The summed E-state index contributed by atoms with van der Waals surface area (Å²) >= 11 is 1.24. The largest absolute Gasteiger partial charge is 0.497 e. The van der Waals surface area contributed by atoms with E-state index in [1.807, 2.05) is 79.7 Å². The van der Waals surface area contributed by atoms with E-state index in [2.05, 4.69) is 15.5 Å². The van der Waals surface area contributed by atoms with Crippen molar-refractivity contribution in [2.75, 3.05) is 20.0 Å². The molecule has 0 saturated carbocycles. The Balaban J connectivity index is 1.27. The molecule has 2 aromatic heterocycles. The van der Waals surface area contributed by atoms with Gasteiger partial charge in [0, 0.05) is 6.42 Å². The van der Waals surface area contributed by atoms with Crippen LogP contribution in [0.3, 0.4) is 0 Å². The number of thioether (sulfide) groups is 1. The monoisotopic (exact) mass is 636 g/mol. The minimum Gasteiger partial charge on any atom is -0.497 e. The number of hydrazone groups is 1. The van der Waals surface area contributed by atoms with E-state index in [1.54, 1.807) is 35.9 Å². The molecule has 1 aliphatic heterocycles. The fourth-order valence-corrected chi connectivity index (χ4v) is 5.97. The number of amides is 2. The first-order chi connectivity index (χ1) is 22.4. The van der Waals surface area contributed by atoms with Crippen molar-refractivity contribution in [3.05, 3.63) is 119 Å². The number of benzene rings is 3. The van der Waals surface area contributed by atoms with Crippen molar-refractivity contribution in [3.8, 4) is 17.2 Å². The molecular weight excluding hydrogens is 604 g/mol. The van der Waals surface area contributed by atoms with Crippen LogP contribution in [0.5, 0.6) is 11.5 Å². The summed E-state index contributed by atoms with van der Waals surface area (Å²) in [6, 6.07) is 26.2. The van der Waals surface area contributed by atoms with E-state index in [-0.39, 0.29) is 35.9 Å². The number of nitrogens with zero attached hydrogens (tertiary/aromatic N) is 5. The van der Waals surface area contributed by atoms with E-state index in [1.165, 1.54) is 18.0 Å². The van der Waals surface area contributed by atoms with Gasteiger partial charge in [0.15, 0.2) is 16.7 Å². The Bertz CT molecular complexity index is 1850. The van der Waals surface area contributed by atoms with Crippen LogP contribution >= 0.6 is 11.8 Å². The fraction of sp³-hybridized carbons (Fsp3) is 0.206. The molecule has 0 radical (unpaired) electrons. The lowest BCUT2D eigenvalue weighted by Crippen LogP contribution is -2.28. The standard InChI is InChI=1S/C34H32N6O5S/c1-22-10-12-24(13-11-22)28-19-26(23-14-16-25(43-2)17-15-23)38-40(28)32(41)21-46-34-37-36-31(20-35-33(42)30-9-6-18-45-30)39(34)27-7-4-5-8-29(27)44-3/h4-18,28H,19-21H2,1-3H3,(H,35,42). The molecule has 2 amide bonds. The second-order valence-corrected chi connectivity index (χ2v) is 11.4. The van der Waals surface area contributed by atoms with E-state index in [9.17, 15) is 9.59 Å². The average Bonchev–Trinajstić information content (AvgIpc) is 3.87. The Morgan fingerprint density at radius 2 is 1.74 bits per heavy atom. The summed E-state index contributed by atoms with van der Waals surface area (Å²) in [4.78, 5) is 26.5. The molecule has 6 rings (SSSR count). The molecule has 1 N–H and O–H groups in total. The summed E-state index contributed by atoms with van der Waals surface area (Å²) in [5, 5.41) is 18.4. The van der Waals surface area contributed by atoms with E-state index in [0.717, 1.165) is 28.2 Å². The van der Waals surface area contributed by atoms with Gasteiger partial charge >= 0.3 is 0 Å². The third-order valence-corrected chi connectivity index (χ3v) is 8.47. The van der Waals surface area contributed by atoms with Crippen molar-refractivity contribution >= 4 is 29.3 Å². The first kappa shape index (κ1) is 30.7. The zero-order valence-corrected chi connectivity index (χ0v) is 26.4. The van der Waals surface area contributed by atoms with E-state index >= 15 is 0 Å². The van der Waals surface area contributed by atoms with Gasteiger partial charge in [-0.25, -0.2) is 5.01 Å². The van der Waals surface area contributed by atoms with Crippen molar-refractivity contribution in [2.24, 2.45) is 5.10 Å². The predicted molar refractivity (Wildman–Crippen MR) is 173 cm³/mol. The summed E-state index contributed by atoms with van der Waals surface area (Å²) in [6.07, 6.45) is 2.01. The summed E-state index contributed by atoms with van der Waals surface area (Å²) in [7, 11) is 3.21. The van der Waals surface area contributed by atoms with Gasteiger partial charge in [0.2, 0.25) is 0 Å². The Hall–Kier alpha value is -5.36. The Labute approximate surface area is 270 Å². The lowest BCUT2D eigenvalue weighted by atomic mass is 9.97. The van der Waals surface area contributed by atoms with Gasteiger partial charge in [-0.05, 0) is 66.6 Å². The van der Waals surface area contributed by atoms with E-state index in [4.69, 9.17) is 19.0 Å². The summed E-state index contributed by atoms with van der Waals surface area (Å²) in [5.74, 6) is 1.47. The van der Waals surface area contributed by atoms with Crippen molar-refractivity contribution in [1.82, 2.24) is 25.1 Å². The molecule has 1 unspecified atom stereocenters. The van der Waals surface area contributed by atoms with Crippen molar-refractivity contribution in [1.29, 1.82) is 0 Å². The van der Waals surface area contributed by atoms with E-state index in [0.29, 0.717) is 28.8 Å². The maximum atomic E-state index is 13.9. The molecule has 11 nitrogen and oxygen atoms in total. The topological polar surface area (TPSA) is 124 Å². The lowest BCUT2D eigenvalue weighted by molar-refractivity contribution is -0.130. The number of hydrogen-bond acceptors (Lipinski definition) is 9. The number of methoxy groups -OCH3 is 2. The van der Waals surface area contributed by atoms with Crippen LogP contribution in [0.4, 0.5) is 0 Å². The predicted octanol–water partition coefficient (Wildman–Crippen LogP) is 5.59. The molecule has 3 aromatic carbocycles. The maximum absolute atomic E-state index is 13.9. The van der Waals surface area contributed by atoms with Gasteiger partial charge < -0.3 is 19.2 Å². The molecule has 12 heteroatoms. The number of carbonyl (C=O) groups is 2. The van der Waals surface area contributed by atoms with Crippen LogP contribution in [0, 0.1) is 6.92 Å². The van der Waals surface area contributed by atoms with Gasteiger partial charge in [0.1, 0.15) is 11.5 Å². The summed E-state index contributed by atoms with van der Waals surface area (Å²) in [6.45, 7) is 2.10. The number of para-hydroxylation sites is 2. The fourth-order valence-electron chi connectivity index (χ4n) is 5.16. The van der Waals surface area contributed by atoms with Crippen LogP contribution < -0.4 is 14.8 Å². The highest BCUT2D eigenvalue weighted by Crippen LogP contribution is 2.35. The van der Waals surface area contributed by atoms with Gasteiger partial charge in [0.05, 0.1) is 50.2 Å². The van der Waals surface area contributed by atoms with E-state index < -0.39 is 0 Å². The molecule has 0 bridgehead atoms. The number of aromatic nitrogens is 3. The normalized spacial score (nSPS) is 14.2. The minimum atomic E-state index is -0.384. The zero-order valence-electron chi connectivity index (χ0n) is 25.5. The van der Waals surface area contributed by atoms with Gasteiger partial charge in [-0.1, -0.05) is 53.7 Å². The number of furan rings is 1. The quantitative estimate of drug-likeness (QED) is 0.186. The number of rotatable bonds is 11. The van der Waals surface area contributed by atoms with Crippen molar-refractivity contribution in [2.45, 2.75) is 31.1 Å². The zero-order chi connectivity index (χ0) is 32.0. The smallest absolute Gasteiger partial charge is 0.287 e. The molecular formula is C34H32N6O5S. The molecule has 0 fully saturated rings. The number of nitrogens with one attached hydrogen (secondary N) is 1. The maximum Gasteiger partial charge on any atom is 0.287 e. The Morgan fingerprint density at radius 3 is 2.46 bits per heavy atom. The molecule has 46 heavy (non-hydrogen) atoms. The highest BCUT2D eigenvalue weighted by Gasteiger charge is 2.33. The van der Waals surface area contributed by atoms with Gasteiger partial charge in [-0.2, -0.15) is 5.10 Å². The van der Waals surface area contributed by atoms with Crippen LogP contribution in [0.25, 0.3) is 5.69 Å². The Kier molecular flexibility index (Phi) is 9.15. The first-order valence-corrected chi connectivity index (χ1v) is 15.6. The van der Waals surface area contributed by atoms with Crippen LogP contribution in [-0.2, 0) is 11.3 Å². The van der Waals surface area contributed by atoms with Crippen LogP contribution in [0.2, 0.25) is 0 Å². The molecule has 0 saturated heterocycles. The van der Waals surface area contributed by atoms with Gasteiger partial charge in [-0.3, -0.25) is 14.2 Å². The van der Waals surface area contributed by atoms with Gasteiger partial charge in [0.25, 0.3) is 11.8 Å². The molecule has 0 spiro atoms. The summed E-state index contributed by atoms with van der Waals surface area (Å²) in [5.41, 5.74) is 4.56. The number of hydrogen-bond donors (Lipinski definition) is 1. The third kappa shape index (κ3) is 6.52. The SMILES string of the molecule is COc1ccc(C2=NN(C(=O)CSc3nnc(CNC(=O)c4ccco4)n3-c3ccccc3OC)C(c3ccc(C)cc3)C2)cc1. The molecule has 3 heterocycles. The van der Waals surface area contributed by atoms with Crippen LogP contribution in [-0.4, -0.2) is 57.3 Å².